The summed E-state index contributed by atoms with van der Waals surface area (Å²) in [5.74, 6) is 0.414. The van der Waals surface area contributed by atoms with Crippen molar-refractivity contribution < 1.29 is 9.53 Å². The number of amides is 1. The molecule has 1 amide bonds. The molecule has 0 bridgehead atoms. The first-order chi connectivity index (χ1) is 8.61. The van der Waals surface area contributed by atoms with Crippen molar-refractivity contribution in [1.82, 2.24) is 4.90 Å². The van der Waals surface area contributed by atoms with E-state index in [0.29, 0.717) is 36.2 Å². The van der Waals surface area contributed by atoms with Gasteiger partial charge in [0.25, 0.3) is 5.91 Å². The van der Waals surface area contributed by atoms with Crippen LogP contribution >= 0.6 is 23.2 Å². The average molecular weight is 288 g/mol. The van der Waals surface area contributed by atoms with Gasteiger partial charge in [0.05, 0.1) is 18.6 Å². The second kappa shape index (κ2) is 5.91. The van der Waals surface area contributed by atoms with E-state index in [1.165, 1.54) is 0 Å². The minimum Gasteiger partial charge on any atom is -0.373 e. The maximum atomic E-state index is 12.3. The first-order valence-electron chi connectivity index (χ1n) is 5.85. The normalized spacial score (nSPS) is 19.9. The van der Waals surface area contributed by atoms with Gasteiger partial charge in [-0.05, 0) is 30.7 Å². The lowest BCUT2D eigenvalue weighted by Crippen LogP contribution is -2.46. The van der Waals surface area contributed by atoms with Crippen molar-refractivity contribution in [3.8, 4) is 0 Å². The summed E-state index contributed by atoms with van der Waals surface area (Å²) in [5, 5.41) is 0.673. The van der Waals surface area contributed by atoms with E-state index in [-0.39, 0.29) is 12.0 Å². The second-order valence-corrected chi connectivity index (χ2v) is 5.08. The van der Waals surface area contributed by atoms with Gasteiger partial charge in [0.15, 0.2) is 0 Å². The number of hydrogen-bond donors (Lipinski definition) is 0. The van der Waals surface area contributed by atoms with Crippen molar-refractivity contribution in [2.24, 2.45) is 0 Å². The van der Waals surface area contributed by atoms with Crippen LogP contribution in [0.2, 0.25) is 5.02 Å². The third-order valence-electron chi connectivity index (χ3n) is 3.00. The molecule has 3 nitrogen and oxygen atoms in total. The summed E-state index contributed by atoms with van der Waals surface area (Å²) in [6, 6.07) is 5.32. The molecule has 1 unspecified atom stereocenters. The highest BCUT2D eigenvalue weighted by molar-refractivity contribution is 6.31. The molecule has 0 spiro atoms. The standard InChI is InChI=1S/C13H15Cl2NO2/c1-9-6-10(2-3-12(9)15)13(17)16-4-5-18-11(7-14)8-16/h2-3,6,11H,4-5,7-8H2,1H3. The maximum absolute atomic E-state index is 12.3. The number of nitrogens with zero attached hydrogens (tertiary/aromatic N) is 1. The smallest absolute Gasteiger partial charge is 0.254 e. The summed E-state index contributed by atoms with van der Waals surface area (Å²) in [4.78, 5) is 14.1. The fourth-order valence-corrected chi connectivity index (χ4v) is 2.26. The highest BCUT2D eigenvalue weighted by Gasteiger charge is 2.24. The van der Waals surface area contributed by atoms with Crippen LogP contribution in [0.3, 0.4) is 0 Å². The molecule has 1 aromatic carbocycles. The highest BCUT2D eigenvalue weighted by atomic mass is 35.5. The third-order valence-corrected chi connectivity index (χ3v) is 3.77. The number of morpholine rings is 1. The number of carbonyl (C=O) groups is 1. The Hall–Kier alpha value is -0.770. The molecule has 18 heavy (non-hydrogen) atoms. The number of alkyl halides is 1. The predicted molar refractivity (Wildman–Crippen MR) is 72.6 cm³/mol. The largest absolute Gasteiger partial charge is 0.373 e. The predicted octanol–water partition coefficient (Wildman–Crippen LogP) is 2.73. The van der Waals surface area contributed by atoms with E-state index in [1.54, 1.807) is 17.0 Å². The van der Waals surface area contributed by atoms with Crippen LogP contribution in [0.4, 0.5) is 0 Å². The fourth-order valence-electron chi connectivity index (χ4n) is 1.96. The van der Waals surface area contributed by atoms with Gasteiger partial charge >= 0.3 is 0 Å². The maximum Gasteiger partial charge on any atom is 0.254 e. The lowest BCUT2D eigenvalue weighted by Gasteiger charge is -2.32. The Morgan fingerprint density at radius 1 is 1.56 bits per heavy atom. The number of rotatable bonds is 2. The molecular formula is C13H15Cl2NO2. The molecular weight excluding hydrogens is 273 g/mol. The van der Waals surface area contributed by atoms with Crippen molar-refractivity contribution in [1.29, 1.82) is 0 Å². The molecule has 1 atom stereocenters. The van der Waals surface area contributed by atoms with Crippen LogP contribution in [-0.4, -0.2) is 42.5 Å². The van der Waals surface area contributed by atoms with Gasteiger partial charge in [0, 0.05) is 23.7 Å². The van der Waals surface area contributed by atoms with Crippen molar-refractivity contribution in [2.75, 3.05) is 25.6 Å². The quantitative estimate of drug-likeness (QED) is 0.783. The van der Waals surface area contributed by atoms with E-state index in [0.717, 1.165) is 5.56 Å². The summed E-state index contributed by atoms with van der Waals surface area (Å²) in [6.07, 6.45) is -0.0715. The molecule has 0 aliphatic carbocycles. The molecule has 0 radical (unpaired) electrons. The molecule has 1 heterocycles. The lowest BCUT2D eigenvalue weighted by atomic mass is 10.1. The van der Waals surface area contributed by atoms with Crippen LogP contribution < -0.4 is 0 Å². The molecule has 5 heteroatoms. The third kappa shape index (κ3) is 2.97. The van der Waals surface area contributed by atoms with Gasteiger partial charge in [-0.2, -0.15) is 0 Å². The Morgan fingerprint density at radius 3 is 3.00 bits per heavy atom. The number of ether oxygens (including phenoxy) is 1. The van der Waals surface area contributed by atoms with Crippen LogP contribution in [0.1, 0.15) is 15.9 Å². The zero-order valence-electron chi connectivity index (χ0n) is 10.2. The van der Waals surface area contributed by atoms with E-state index < -0.39 is 0 Å². The Kier molecular flexibility index (Phi) is 4.49. The van der Waals surface area contributed by atoms with Gasteiger partial charge in [-0.3, -0.25) is 4.79 Å². The molecule has 1 saturated heterocycles. The van der Waals surface area contributed by atoms with Crippen LogP contribution in [0.25, 0.3) is 0 Å². The average Bonchev–Trinajstić information content (AvgIpc) is 2.41. The van der Waals surface area contributed by atoms with E-state index in [2.05, 4.69) is 0 Å². The number of aryl methyl sites for hydroxylation is 1. The van der Waals surface area contributed by atoms with Crippen molar-refractivity contribution in [3.05, 3.63) is 34.3 Å². The Bertz CT molecular complexity index is 451. The van der Waals surface area contributed by atoms with E-state index >= 15 is 0 Å². The summed E-state index contributed by atoms with van der Waals surface area (Å²) < 4.78 is 5.44. The number of hydrogen-bond acceptors (Lipinski definition) is 2. The second-order valence-electron chi connectivity index (χ2n) is 4.36. The van der Waals surface area contributed by atoms with Crippen LogP contribution in [0.15, 0.2) is 18.2 Å². The topological polar surface area (TPSA) is 29.5 Å². The van der Waals surface area contributed by atoms with E-state index in [9.17, 15) is 4.79 Å². The number of carbonyl (C=O) groups excluding carboxylic acids is 1. The lowest BCUT2D eigenvalue weighted by molar-refractivity contribution is -0.0108. The molecule has 0 saturated carbocycles. The molecule has 98 valence electrons. The highest BCUT2D eigenvalue weighted by Crippen LogP contribution is 2.18. The Balaban J connectivity index is 2.12. The number of halogens is 2. The zero-order chi connectivity index (χ0) is 13.1. The van der Waals surface area contributed by atoms with Gasteiger partial charge in [-0.25, -0.2) is 0 Å². The van der Waals surface area contributed by atoms with E-state index in [1.807, 2.05) is 13.0 Å². The SMILES string of the molecule is Cc1cc(C(=O)N2CCOC(CCl)C2)ccc1Cl. The van der Waals surface area contributed by atoms with Crippen LogP contribution in [0.5, 0.6) is 0 Å². The number of benzene rings is 1. The zero-order valence-corrected chi connectivity index (χ0v) is 11.7. The molecule has 0 N–H and O–H groups in total. The summed E-state index contributed by atoms with van der Waals surface area (Å²) in [7, 11) is 0. The summed E-state index contributed by atoms with van der Waals surface area (Å²) >= 11 is 11.7. The monoisotopic (exact) mass is 287 g/mol. The Morgan fingerprint density at radius 2 is 2.33 bits per heavy atom. The molecule has 1 aliphatic rings. The molecule has 2 rings (SSSR count). The summed E-state index contributed by atoms with van der Waals surface area (Å²) in [6.45, 7) is 3.58. The minimum atomic E-state index is -0.0715. The molecule has 0 aromatic heterocycles. The van der Waals surface area contributed by atoms with Crippen molar-refractivity contribution >= 4 is 29.1 Å². The summed E-state index contributed by atoms with van der Waals surface area (Å²) in [5.41, 5.74) is 1.57. The van der Waals surface area contributed by atoms with Gasteiger partial charge < -0.3 is 9.64 Å². The molecule has 1 fully saturated rings. The van der Waals surface area contributed by atoms with Gasteiger partial charge in [-0.15, -0.1) is 11.6 Å². The minimum absolute atomic E-state index is 0.00758. The van der Waals surface area contributed by atoms with Crippen molar-refractivity contribution in [2.45, 2.75) is 13.0 Å². The van der Waals surface area contributed by atoms with Gasteiger partial charge in [0.1, 0.15) is 0 Å². The van der Waals surface area contributed by atoms with Crippen LogP contribution in [-0.2, 0) is 4.74 Å². The van der Waals surface area contributed by atoms with E-state index in [4.69, 9.17) is 27.9 Å². The molecule has 1 aromatic rings. The van der Waals surface area contributed by atoms with Gasteiger partial charge in [0.2, 0.25) is 0 Å². The first kappa shape index (κ1) is 13.7. The fraction of sp³-hybridized carbons (Fsp3) is 0.462. The van der Waals surface area contributed by atoms with Crippen molar-refractivity contribution in [3.63, 3.8) is 0 Å². The van der Waals surface area contributed by atoms with Gasteiger partial charge in [-0.1, -0.05) is 11.6 Å². The van der Waals surface area contributed by atoms with Crippen LogP contribution in [0, 0.1) is 6.92 Å². The first-order valence-corrected chi connectivity index (χ1v) is 6.76. The Labute approximate surface area is 117 Å². The molecule has 1 aliphatic heterocycles.